The molecule has 0 bridgehead atoms. The molecule has 0 heterocycles. The molecule has 4 aliphatic rings. The first-order valence-electron chi connectivity index (χ1n) is 16.0. The van der Waals surface area contributed by atoms with Crippen LogP contribution in [0.3, 0.4) is 0 Å². The average Bonchev–Trinajstić information content (AvgIpc) is 3.22. The van der Waals surface area contributed by atoms with E-state index in [1.807, 2.05) is 0 Å². The number of fused-ring (bicyclic) bond motifs is 5. The summed E-state index contributed by atoms with van der Waals surface area (Å²) in [6.45, 7) is 12.0. The Labute approximate surface area is 251 Å². The number of carbonyl (C=O) groups excluding carboxylic acids is 3. The van der Waals surface area contributed by atoms with E-state index in [9.17, 15) is 29.7 Å². The molecular weight excluding hydrogens is 540 g/mol. The van der Waals surface area contributed by atoms with Crippen molar-refractivity contribution in [3.05, 3.63) is 0 Å². The summed E-state index contributed by atoms with van der Waals surface area (Å²) in [5.74, 6) is -0.307. The summed E-state index contributed by atoms with van der Waals surface area (Å²) in [6.07, 6.45) is 4.93. The molecule has 0 spiro atoms. The molecule has 0 aromatic rings. The van der Waals surface area contributed by atoms with Crippen molar-refractivity contribution in [3.8, 4) is 0 Å². The zero-order chi connectivity index (χ0) is 31.3. The topological polar surface area (TPSA) is 140 Å². The highest BCUT2D eigenvalue weighted by Crippen LogP contribution is 2.69. The largest absolute Gasteiger partial charge is 0.462 e. The minimum absolute atomic E-state index is 0.0455. The molecule has 4 aliphatic carbocycles. The second kappa shape index (κ2) is 12.0. The third-order valence-electron chi connectivity index (χ3n) is 12.1. The number of esters is 3. The van der Waals surface area contributed by atoms with Crippen LogP contribution in [0.5, 0.6) is 0 Å². The standard InChI is InChI=1S/C33H54O9/c1-19(28(41-21(3)36)12-13-30(5,6)38)25-8-9-26-24-16-29(42-22(4)37)33(39)17-23(40-20(2)35)10-15-32(33,18-34)27(24)11-14-31(25,26)7/h19,23-29,34,38-39H,8-18H2,1-7H3. The Morgan fingerprint density at radius 3 is 2.19 bits per heavy atom. The average molecular weight is 595 g/mol. The quantitative estimate of drug-likeness (QED) is 0.263. The molecule has 11 atom stereocenters. The van der Waals surface area contributed by atoms with E-state index in [4.69, 9.17) is 14.2 Å². The third-order valence-corrected chi connectivity index (χ3v) is 12.1. The van der Waals surface area contributed by atoms with Crippen LogP contribution < -0.4 is 0 Å². The first-order chi connectivity index (χ1) is 19.5. The molecule has 9 heteroatoms. The summed E-state index contributed by atoms with van der Waals surface area (Å²) in [4.78, 5) is 36.2. The van der Waals surface area contributed by atoms with Gasteiger partial charge in [0.05, 0.1) is 12.2 Å². The van der Waals surface area contributed by atoms with Crippen LogP contribution in [0.15, 0.2) is 0 Å². The highest BCUT2D eigenvalue weighted by molar-refractivity contribution is 5.67. The van der Waals surface area contributed by atoms with Crippen molar-refractivity contribution in [2.75, 3.05) is 6.61 Å². The normalized spacial score (nSPS) is 41.0. The molecule has 4 saturated carbocycles. The molecule has 240 valence electrons. The van der Waals surface area contributed by atoms with Gasteiger partial charge in [0.1, 0.15) is 23.9 Å². The molecule has 9 nitrogen and oxygen atoms in total. The highest BCUT2D eigenvalue weighted by atomic mass is 16.6. The molecule has 0 saturated heterocycles. The molecular formula is C33H54O9. The lowest BCUT2D eigenvalue weighted by Crippen LogP contribution is -2.71. The molecule has 0 amide bonds. The Hall–Kier alpha value is -1.71. The van der Waals surface area contributed by atoms with Crippen molar-refractivity contribution < 1.29 is 43.9 Å². The number of hydrogen-bond acceptors (Lipinski definition) is 9. The van der Waals surface area contributed by atoms with Gasteiger partial charge >= 0.3 is 17.9 Å². The van der Waals surface area contributed by atoms with Crippen molar-refractivity contribution in [1.82, 2.24) is 0 Å². The molecule has 11 unspecified atom stereocenters. The van der Waals surface area contributed by atoms with Crippen LogP contribution >= 0.6 is 0 Å². The summed E-state index contributed by atoms with van der Waals surface area (Å²) in [5, 5.41) is 33.8. The number of rotatable bonds is 9. The molecule has 0 radical (unpaired) electrons. The molecule has 4 fully saturated rings. The summed E-state index contributed by atoms with van der Waals surface area (Å²) in [6, 6.07) is 0. The summed E-state index contributed by atoms with van der Waals surface area (Å²) in [7, 11) is 0. The van der Waals surface area contributed by atoms with Gasteiger partial charge < -0.3 is 29.5 Å². The van der Waals surface area contributed by atoms with Gasteiger partial charge in [-0.25, -0.2) is 0 Å². The van der Waals surface area contributed by atoms with Gasteiger partial charge in [0.25, 0.3) is 0 Å². The second-order valence-electron chi connectivity index (χ2n) is 15.0. The predicted octanol–water partition coefficient (Wildman–Crippen LogP) is 4.32. The Balaban J connectivity index is 1.64. The molecule has 0 aromatic heterocycles. The number of carbonyl (C=O) groups is 3. The Kier molecular flexibility index (Phi) is 9.48. The van der Waals surface area contributed by atoms with Gasteiger partial charge in [-0.3, -0.25) is 14.4 Å². The summed E-state index contributed by atoms with van der Waals surface area (Å²) in [5.41, 5.74) is -3.25. The van der Waals surface area contributed by atoms with E-state index >= 15 is 0 Å². The maximum Gasteiger partial charge on any atom is 0.303 e. The Bertz CT molecular complexity index is 1020. The van der Waals surface area contributed by atoms with E-state index in [-0.39, 0.29) is 48.3 Å². The van der Waals surface area contributed by atoms with Crippen molar-refractivity contribution in [2.24, 2.45) is 40.4 Å². The van der Waals surface area contributed by atoms with E-state index in [2.05, 4.69) is 13.8 Å². The van der Waals surface area contributed by atoms with Crippen LogP contribution in [0, 0.1) is 40.4 Å². The number of aliphatic hydroxyl groups is 3. The van der Waals surface area contributed by atoms with Gasteiger partial charge in [-0.05, 0) is 107 Å². The number of ether oxygens (including phenoxy) is 3. The number of hydrogen-bond donors (Lipinski definition) is 3. The van der Waals surface area contributed by atoms with Crippen LogP contribution in [0.4, 0.5) is 0 Å². The lowest BCUT2D eigenvalue weighted by molar-refractivity contribution is -0.285. The maximum atomic E-state index is 12.4. The van der Waals surface area contributed by atoms with Crippen molar-refractivity contribution in [1.29, 1.82) is 0 Å². The fourth-order valence-corrected chi connectivity index (χ4v) is 10.3. The fourth-order valence-electron chi connectivity index (χ4n) is 10.3. The zero-order valence-electron chi connectivity index (χ0n) is 26.7. The first-order valence-corrected chi connectivity index (χ1v) is 16.0. The first kappa shape index (κ1) is 33.2. The monoisotopic (exact) mass is 594 g/mol. The van der Waals surface area contributed by atoms with Crippen LogP contribution in [0.1, 0.15) is 113 Å². The van der Waals surface area contributed by atoms with Crippen LogP contribution in [0.2, 0.25) is 0 Å². The molecule has 0 aliphatic heterocycles. The van der Waals surface area contributed by atoms with Crippen LogP contribution in [0.25, 0.3) is 0 Å². The van der Waals surface area contributed by atoms with Gasteiger partial charge in [-0.1, -0.05) is 13.8 Å². The highest BCUT2D eigenvalue weighted by Gasteiger charge is 2.70. The molecule has 42 heavy (non-hydrogen) atoms. The molecule has 0 aromatic carbocycles. The van der Waals surface area contributed by atoms with Crippen molar-refractivity contribution >= 4 is 17.9 Å². The summed E-state index contributed by atoms with van der Waals surface area (Å²) >= 11 is 0. The van der Waals surface area contributed by atoms with Crippen molar-refractivity contribution in [3.63, 3.8) is 0 Å². The third kappa shape index (κ3) is 5.99. The van der Waals surface area contributed by atoms with Crippen LogP contribution in [-0.4, -0.2) is 69.3 Å². The van der Waals surface area contributed by atoms with Gasteiger partial charge in [0, 0.05) is 32.6 Å². The summed E-state index contributed by atoms with van der Waals surface area (Å²) < 4.78 is 17.3. The fraction of sp³-hybridized carbons (Fsp3) is 0.909. The predicted molar refractivity (Wildman–Crippen MR) is 155 cm³/mol. The molecule has 3 N–H and O–H groups in total. The van der Waals surface area contributed by atoms with Gasteiger partial charge in [-0.2, -0.15) is 0 Å². The smallest absolute Gasteiger partial charge is 0.303 e. The zero-order valence-corrected chi connectivity index (χ0v) is 26.7. The Morgan fingerprint density at radius 2 is 1.62 bits per heavy atom. The van der Waals surface area contributed by atoms with Gasteiger partial charge in [0.15, 0.2) is 0 Å². The number of aliphatic hydroxyl groups excluding tert-OH is 1. The van der Waals surface area contributed by atoms with E-state index in [0.29, 0.717) is 43.9 Å². The Morgan fingerprint density at radius 1 is 0.952 bits per heavy atom. The lowest BCUT2D eigenvalue weighted by atomic mass is 9.42. The van der Waals surface area contributed by atoms with Gasteiger partial charge in [-0.15, -0.1) is 0 Å². The van der Waals surface area contributed by atoms with Crippen LogP contribution in [-0.2, 0) is 28.6 Å². The molecule has 4 rings (SSSR count). The minimum atomic E-state index is -1.50. The van der Waals surface area contributed by atoms with Crippen molar-refractivity contribution in [2.45, 2.75) is 142 Å². The lowest BCUT2D eigenvalue weighted by Gasteiger charge is -2.66. The van der Waals surface area contributed by atoms with E-state index in [1.165, 1.54) is 20.8 Å². The van der Waals surface area contributed by atoms with E-state index in [1.54, 1.807) is 13.8 Å². The van der Waals surface area contributed by atoms with Gasteiger partial charge in [0.2, 0.25) is 0 Å². The SMILES string of the molecule is CC(=O)OC1CCC2(CO)C3CCC4(C)C(C(C)C(CCC(C)(C)O)OC(C)=O)CCC4C3CC(OC(C)=O)C2(O)C1. The minimum Gasteiger partial charge on any atom is -0.462 e. The maximum absolute atomic E-state index is 12.4. The van der Waals surface area contributed by atoms with E-state index in [0.717, 1.165) is 25.7 Å². The second-order valence-corrected chi connectivity index (χ2v) is 15.0. The van der Waals surface area contributed by atoms with E-state index < -0.39 is 40.8 Å².